The van der Waals surface area contributed by atoms with Gasteiger partial charge in [0.25, 0.3) is 0 Å². The Bertz CT molecular complexity index is 1020. The summed E-state index contributed by atoms with van der Waals surface area (Å²) in [5.74, 6) is 1.31. The van der Waals surface area contributed by atoms with Crippen LogP contribution in [-0.2, 0) is 0 Å². The molecular weight excluding hydrogens is 411 g/mol. The molecule has 30 heavy (non-hydrogen) atoms. The lowest BCUT2D eigenvalue weighted by atomic mass is 9.49. The van der Waals surface area contributed by atoms with Crippen LogP contribution in [0.3, 0.4) is 0 Å². The fourth-order valence-corrected chi connectivity index (χ4v) is 5.20. The molecule has 4 heteroatoms. The Morgan fingerprint density at radius 3 is 0.967 bits per heavy atom. The Kier molecular flexibility index (Phi) is 5.28. The Morgan fingerprint density at radius 2 is 0.667 bits per heavy atom. The maximum absolute atomic E-state index is 6.20. The average Bonchev–Trinajstić information content (AvgIpc) is 2.77. The zero-order valence-corrected chi connectivity index (χ0v) is 17.7. The molecular formula is C26H20Cl2N2. The molecule has 0 bridgehead atoms. The van der Waals surface area contributed by atoms with Gasteiger partial charge < -0.3 is 0 Å². The van der Waals surface area contributed by atoms with Gasteiger partial charge in [0.1, 0.15) is 0 Å². The zero-order valence-electron chi connectivity index (χ0n) is 16.2. The molecule has 1 aliphatic rings. The number of halogens is 2. The van der Waals surface area contributed by atoms with E-state index in [-0.39, 0.29) is 0 Å². The molecule has 2 aromatic heterocycles. The number of hydrogen-bond acceptors (Lipinski definition) is 2. The lowest BCUT2D eigenvalue weighted by Crippen LogP contribution is -2.40. The van der Waals surface area contributed by atoms with E-state index in [4.69, 9.17) is 23.2 Å². The predicted molar refractivity (Wildman–Crippen MR) is 122 cm³/mol. The van der Waals surface area contributed by atoms with E-state index in [2.05, 4.69) is 58.5 Å². The van der Waals surface area contributed by atoms with Gasteiger partial charge >= 0.3 is 0 Å². The fraction of sp³-hybridized carbons (Fsp3) is 0.154. The van der Waals surface area contributed by atoms with Gasteiger partial charge in [-0.15, -0.1) is 0 Å². The third kappa shape index (κ3) is 3.51. The highest BCUT2D eigenvalue weighted by Gasteiger charge is 2.52. The molecule has 5 rings (SSSR count). The Morgan fingerprint density at radius 1 is 0.400 bits per heavy atom. The second kappa shape index (κ2) is 8.22. The van der Waals surface area contributed by atoms with Crippen LogP contribution in [0.15, 0.2) is 97.6 Å². The molecule has 2 aromatic carbocycles. The normalized spacial score (nSPS) is 23.0. The number of benzene rings is 2. The van der Waals surface area contributed by atoms with Gasteiger partial charge in [0, 0.05) is 34.8 Å². The first-order valence-electron chi connectivity index (χ1n) is 10.0. The van der Waals surface area contributed by atoms with E-state index in [1.165, 1.54) is 22.3 Å². The van der Waals surface area contributed by atoms with E-state index in [1.807, 2.05) is 49.1 Å². The van der Waals surface area contributed by atoms with E-state index in [0.717, 1.165) is 10.0 Å². The van der Waals surface area contributed by atoms with Gasteiger partial charge in [-0.25, -0.2) is 0 Å². The van der Waals surface area contributed by atoms with E-state index >= 15 is 0 Å². The summed E-state index contributed by atoms with van der Waals surface area (Å²) in [5, 5.41) is 1.51. The van der Waals surface area contributed by atoms with Crippen molar-refractivity contribution in [1.29, 1.82) is 0 Å². The van der Waals surface area contributed by atoms with Crippen LogP contribution in [0.1, 0.15) is 45.9 Å². The molecule has 0 spiro atoms. The van der Waals surface area contributed by atoms with Gasteiger partial charge in [-0.1, -0.05) is 47.5 Å². The van der Waals surface area contributed by atoms with Crippen molar-refractivity contribution >= 4 is 23.2 Å². The Labute approximate surface area is 186 Å². The third-order valence-corrected chi connectivity index (χ3v) is 6.74. The van der Waals surface area contributed by atoms with Crippen molar-refractivity contribution < 1.29 is 0 Å². The van der Waals surface area contributed by atoms with Crippen molar-refractivity contribution in [2.45, 2.75) is 23.7 Å². The molecule has 0 amide bonds. The molecule has 148 valence electrons. The fourth-order valence-electron chi connectivity index (χ4n) is 4.95. The smallest absolute Gasteiger partial charge is 0.0406 e. The van der Waals surface area contributed by atoms with Gasteiger partial charge in [-0.05, 0) is 94.5 Å². The van der Waals surface area contributed by atoms with E-state index in [9.17, 15) is 0 Å². The van der Waals surface area contributed by atoms with Crippen molar-refractivity contribution in [2.75, 3.05) is 0 Å². The number of rotatable bonds is 4. The summed E-state index contributed by atoms with van der Waals surface area (Å²) < 4.78 is 0. The summed E-state index contributed by atoms with van der Waals surface area (Å²) in [4.78, 5) is 8.48. The first-order valence-corrected chi connectivity index (χ1v) is 10.8. The summed E-state index contributed by atoms with van der Waals surface area (Å²) in [6.07, 6.45) is 7.53. The Hall–Kier alpha value is -2.68. The molecule has 4 atom stereocenters. The number of aromatic nitrogens is 2. The van der Waals surface area contributed by atoms with E-state index in [1.54, 1.807) is 0 Å². The third-order valence-electron chi connectivity index (χ3n) is 6.24. The minimum atomic E-state index is 0.323. The van der Waals surface area contributed by atoms with Crippen molar-refractivity contribution in [3.8, 4) is 0 Å². The van der Waals surface area contributed by atoms with Gasteiger partial charge in [0.05, 0.1) is 0 Å². The summed E-state index contributed by atoms with van der Waals surface area (Å²) in [7, 11) is 0. The van der Waals surface area contributed by atoms with Crippen LogP contribution >= 0.6 is 23.2 Å². The number of hydrogen-bond donors (Lipinski definition) is 0. The minimum Gasteiger partial charge on any atom is -0.265 e. The molecule has 2 nitrogen and oxygen atoms in total. The van der Waals surface area contributed by atoms with Crippen LogP contribution in [0.2, 0.25) is 10.0 Å². The minimum absolute atomic E-state index is 0.323. The summed E-state index contributed by atoms with van der Waals surface area (Å²) in [5.41, 5.74) is 5.20. The molecule has 2 heterocycles. The monoisotopic (exact) mass is 430 g/mol. The number of nitrogens with zero attached hydrogens (tertiary/aromatic N) is 2. The topological polar surface area (TPSA) is 25.8 Å². The molecule has 1 aliphatic carbocycles. The second-order valence-electron chi connectivity index (χ2n) is 7.77. The van der Waals surface area contributed by atoms with Crippen LogP contribution in [0.4, 0.5) is 0 Å². The summed E-state index contributed by atoms with van der Waals surface area (Å²) in [6.45, 7) is 0. The highest BCUT2D eigenvalue weighted by atomic mass is 35.5. The molecule has 0 saturated heterocycles. The first kappa shape index (κ1) is 19.3. The maximum atomic E-state index is 6.20. The van der Waals surface area contributed by atoms with Gasteiger partial charge in [0.15, 0.2) is 0 Å². The molecule has 0 aliphatic heterocycles. The van der Waals surface area contributed by atoms with Crippen molar-refractivity contribution in [3.63, 3.8) is 0 Å². The van der Waals surface area contributed by atoms with Crippen LogP contribution < -0.4 is 0 Å². The predicted octanol–water partition coefficient (Wildman–Crippen LogP) is 7.23. The molecule has 0 radical (unpaired) electrons. The molecule has 0 N–H and O–H groups in total. The average molecular weight is 431 g/mol. The maximum Gasteiger partial charge on any atom is 0.0406 e. The lowest BCUT2D eigenvalue weighted by Gasteiger charge is -2.53. The first-order chi connectivity index (χ1) is 14.7. The van der Waals surface area contributed by atoms with Crippen molar-refractivity contribution in [2.24, 2.45) is 0 Å². The van der Waals surface area contributed by atoms with Gasteiger partial charge in [-0.2, -0.15) is 0 Å². The standard InChI is InChI=1S/C26H20Cl2N2/c27-21-5-1-17(2-6-21)23-24(18-3-7-22(28)8-4-18)26(20-11-15-30-16-12-20)25(23)19-9-13-29-14-10-19/h1-16,23-26H. The molecule has 1 fully saturated rings. The van der Waals surface area contributed by atoms with Gasteiger partial charge in [0.2, 0.25) is 0 Å². The van der Waals surface area contributed by atoms with Crippen LogP contribution in [0.25, 0.3) is 0 Å². The SMILES string of the molecule is Clc1ccc(C2C(c3ccncc3)C(c3ccncc3)C2c2ccc(Cl)cc2)cc1. The van der Waals surface area contributed by atoms with Crippen LogP contribution in [0.5, 0.6) is 0 Å². The van der Waals surface area contributed by atoms with E-state index in [0.29, 0.717) is 23.7 Å². The highest BCUT2D eigenvalue weighted by Crippen LogP contribution is 2.66. The number of pyridine rings is 2. The zero-order chi connectivity index (χ0) is 20.5. The summed E-state index contributed by atoms with van der Waals surface area (Å²) >= 11 is 12.4. The Balaban J connectivity index is 1.67. The largest absolute Gasteiger partial charge is 0.265 e. The van der Waals surface area contributed by atoms with Crippen molar-refractivity contribution in [1.82, 2.24) is 9.97 Å². The summed E-state index contributed by atoms with van der Waals surface area (Å²) in [6, 6.07) is 25.1. The van der Waals surface area contributed by atoms with Gasteiger partial charge in [-0.3, -0.25) is 9.97 Å². The quantitative estimate of drug-likeness (QED) is 0.341. The highest BCUT2D eigenvalue weighted by molar-refractivity contribution is 6.30. The molecule has 1 saturated carbocycles. The van der Waals surface area contributed by atoms with Crippen LogP contribution in [0, 0.1) is 0 Å². The van der Waals surface area contributed by atoms with Crippen molar-refractivity contribution in [3.05, 3.63) is 130 Å². The second-order valence-corrected chi connectivity index (χ2v) is 8.64. The lowest BCUT2D eigenvalue weighted by molar-refractivity contribution is 0.228. The molecule has 4 aromatic rings. The van der Waals surface area contributed by atoms with E-state index < -0.39 is 0 Å². The van der Waals surface area contributed by atoms with Crippen LogP contribution in [-0.4, -0.2) is 9.97 Å². The molecule has 4 unspecified atom stereocenters.